The van der Waals surface area contributed by atoms with Gasteiger partial charge in [0.15, 0.2) is 6.61 Å². The number of rotatable bonds is 9. The lowest BCUT2D eigenvalue weighted by Crippen LogP contribution is -2.39. The van der Waals surface area contributed by atoms with Crippen molar-refractivity contribution in [2.24, 2.45) is 0 Å². The molecular formula is C30H32N2O6S. The van der Waals surface area contributed by atoms with Gasteiger partial charge in [-0.25, -0.2) is 9.59 Å². The third-order valence-corrected chi connectivity index (χ3v) is 7.79. The molecule has 0 atom stereocenters. The molecule has 1 aromatic heterocycles. The summed E-state index contributed by atoms with van der Waals surface area (Å²) in [5.74, 6) is -2.19. The van der Waals surface area contributed by atoms with E-state index in [1.54, 1.807) is 43.1 Å². The van der Waals surface area contributed by atoms with E-state index in [1.807, 2.05) is 30.3 Å². The Hall–Kier alpha value is -3.98. The average Bonchev–Trinajstić information content (AvgIpc) is 3.40. The fourth-order valence-corrected chi connectivity index (χ4v) is 5.70. The third-order valence-electron chi connectivity index (χ3n) is 6.69. The quantitative estimate of drug-likeness (QED) is 0.340. The molecule has 0 unspecified atom stereocenters. The summed E-state index contributed by atoms with van der Waals surface area (Å²) in [4.78, 5) is 53.9. The van der Waals surface area contributed by atoms with Gasteiger partial charge in [0.2, 0.25) is 0 Å². The van der Waals surface area contributed by atoms with Gasteiger partial charge >= 0.3 is 11.9 Å². The second-order valence-electron chi connectivity index (χ2n) is 9.32. The summed E-state index contributed by atoms with van der Waals surface area (Å²) < 4.78 is 10.4. The summed E-state index contributed by atoms with van der Waals surface area (Å²) in [6.07, 6.45) is 5.21. The molecule has 8 nitrogen and oxygen atoms in total. The summed E-state index contributed by atoms with van der Waals surface area (Å²) in [6.45, 7) is 1.31. The zero-order valence-electron chi connectivity index (χ0n) is 22.1. The highest BCUT2D eigenvalue weighted by molar-refractivity contribution is 7.20. The number of nitrogens with one attached hydrogen (secondary N) is 1. The van der Waals surface area contributed by atoms with E-state index in [0.717, 1.165) is 36.1 Å². The molecule has 0 saturated heterocycles. The van der Waals surface area contributed by atoms with E-state index in [4.69, 9.17) is 9.47 Å². The van der Waals surface area contributed by atoms with Gasteiger partial charge in [0, 0.05) is 18.0 Å². The Morgan fingerprint density at radius 2 is 1.51 bits per heavy atom. The minimum Gasteiger partial charge on any atom is -0.462 e. The van der Waals surface area contributed by atoms with Gasteiger partial charge in [-0.2, -0.15) is 0 Å². The first-order chi connectivity index (χ1) is 18.9. The van der Waals surface area contributed by atoms with E-state index in [1.165, 1.54) is 23.8 Å². The van der Waals surface area contributed by atoms with E-state index in [-0.39, 0.29) is 35.2 Å². The van der Waals surface area contributed by atoms with Crippen molar-refractivity contribution in [3.05, 3.63) is 77.4 Å². The van der Waals surface area contributed by atoms with Crippen LogP contribution in [0.25, 0.3) is 10.4 Å². The van der Waals surface area contributed by atoms with Crippen LogP contribution in [0.1, 0.15) is 70.1 Å². The van der Waals surface area contributed by atoms with Gasteiger partial charge in [0.25, 0.3) is 11.8 Å². The summed E-state index contributed by atoms with van der Waals surface area (Å²) >= 11 is 1.23. The molecule has 0 radical (unpaired) electrons. The average molecular weight is 549 g/mol. The largest absolute Gasteiger partial charge is 0.462 e. The van der Waals surface area contributed by atoms with Crippen LogP contribution in [-0.4, -0.2) is 55.0 Å². The highest BCUT2D eigenvalue weighted by Gasteiger charge is 2.27. The molecule has 1 fully saturated rings. The first kappa shape index (κ1) is 28.0. The van der Waals surface area contributed by atoms with E-state index >= 15 is 0 Å². The third kappa shape index (κ3) is 6.92. The smallest absolute Gasteiger partial charge is 0.341 e. The molecule has 204 valence electrons. The molecule has 9 heteroatoms. The topological polar surface area (TPSA) is 102 Å². The molecule has 2 aromatic carbocycles. The second kappa shape index (κ2) is 13.2. The zero-order chi connectivity index (χ0) is 27.8. The van der Waals surface area contributed by atoms with Crippen molar-refractivity contribution in [3.63, 3.8) is 0 Å². The Bertz CT molecular complexity index is 1330. The number of amides is 2. The van der Waals surface area contributed by atoms with E-state index < -0.39 is 24.5 Å². The van der Waals surface area contributed by atoms with Crippen molar-refractivity contribution >= 4 is 40.1 Å². The number of esters is 2. The summed E-state index contributed by atoms with van der Waals surface area (Å²) in [5.41, 5.74) is 1.46. The van der Waals surface area contributed by atoms with Gasteiger partial charge in [0.1, 0.15) is 5.00 Å². The molecule has 39 heavy (non-hydrogen) atoms. The molecule has 0 bridgehead atoms. The van der Waals surface area contributed by atoms with Crippen molar-refractivity contribution in [1.29, 1.82) is 0 Å². The standard InChI is InChI=1S/C30H32N2O6S/c1-3-37-30(36)24-18-25(20-12-6-4-7-13-20)39-27(24)31-26(33)19-38-29(35)23-17-11-10-16-22(23)28(34)32(2)21-14-8-5-9-15-21/h4,6-7,10-13,16-18,21H,3,5,8-9,14-15,19H2,1-2H3,(H,31,33). The van der Waals surface area contributed by atoms with Crippen molar-refractivity contribution in [2.75, 3.05) is 25.6 Å². The van der Waals surface area contributed by atoms with Gasteiger partial charge in [0.05, 0.1) is 23.3 Å². The lowest BCUT2D eigenvalue weighted by atomic mass is 9.94. The van der Waals surface area contributed by atoms with Gasteiger partial charge in [-0.3, -0.25) is 9.59 Å². The van der Waals surface area contributed by atoms with Gasteiger partial charge < -0.3 is 19.7 Å². The van der Waals surface area contributed by atoms with Gasteiger partial charge in [-0.05, 0) is 43.5 Å². The van der Waals surface area contributed by atoms with Crippen LogP contribution in [-0.2, 0) is 14.3 Å². The Morgan fingerprint density at radius 3 is 2.21 bits per heavy atom. The Labute approximate surface area is 231 Å². The van der Waals surface area contributed by atoms with Crippen LogP contribution < -0.4 is 5.32 Å². The van der Waals surface area contributed by atoms with Crippen LogP contribution in [0, 0.1) is 0 Å². The highest BCUT2D eigenvalue weighted by Crippen LogP contribution is 2.36. The molecule has 0 aliphatic heterocycles. The minimum absolute atomic E-state index is 0.104. The van der Waals surface area contributed by atoms with Crippen LogP contribution in [0.5, 0.6) is 0 Å². The van der Waals surface area contributed by atoms with E-state index in [2.05, 4.69) is 5.32 Å². The highest BCUT2D eigenvalue weighted by atomic mass is 32.1. The molecule has 1 heterocycles. The van der Waals surface area contributed by atoms with Crippen molar-refractivity contribution in [3.8, 4) is 10.4 Å². The Morgan fingerprint density at radius 1 is 0.872 bits per heavy atom. The monoisotopic (exact) mass is 548 g/mol. The van der Waals surface area contributed by atoms with Crippen LogP contribution in [0.4, 0.5) is 5.00 Å². The summed E-state index contributed by atoms with van der Waals surface area (Å²) in [5, 5.41) is 2.98. The molecule has 3 aromatic rings. The number of hydrogen-bond donors (Lipinski definition) is 1. The van der Waals surface area contributed by atoms with Crippen LogP contribution in [0.3, 0.4) is 0 Å². The number of nitrogens with zero attached hydrogens (tertiary/aromatic N) is 1. The second-order valence-corrected chi connectivity index (χ2v) is 10.4. The molecule has 1 N–H and O–H groups in total. The SMILES string of the molecule is CCOC(=O)c1cc(-c2ccccc2)sc1NC(=O)COC(=O)c1ccccc1C(=O)N(C)C1CCCCC1. The minimum atomic E-state index is -0.770. The van der Waals surface area contributed by atoms with E-state index in [0.29, 0.717) is 5.00 Å². The summed E-state index contributed by atoms with van der Waals surface area (Å²) in [6, 6.07) is 17.7. The normalized spacial score (nSPS) is 13.4. The zero-order valence-corrected chi connectivity index (χ0v) is 22.9. The van der Waals surface area contributed by atoms with Crippen LogP contribution in [0.15, 0.2) is 60.7 Å². The van der Waals surface area contributed by atoms with Crippen molar-refractivity contribution < 1.29 is 28.7 Å². The molecule has 1 aliphatic carbocycles. The van der Waals surface area contributed by atoms with Gasteiger partial charge in [-0.1, -0.05) is 61.7 Å². The maximum atomic E-state index is 13.2. The molecule has 4 rings (SSSR count). The first-order valence-electron chi connectivity index (χ1n) is 13.1. The fraction of sp³-hybridized carbons (Fsp3) is 0.333. The van der Waals surface area contributed by atoms with Crippen molar-refractivity contribution in [2.45, 2.75) is 45.1 Å². The number of carbonyl (C=O) groups is 4. The predicted molar refractivity (Wildman–Crippen MR) is 150 cm³/mol. The number of hydrogen-bond acceptors (Lipinski definition) is 7. The Balaban J connectivity index is 1.44. The molecule has 1 aliphatic rings. The number of benzene rings is 2. The fourth-order valence-electron chi connectivity index (χ4n) is 4.63. The maximum Gasteiger partial charge on any atom is 0.341 e. The van der Waals surface area contributed by atoms with E-state index in [9.17, 15) is 19.2 Å². The molecule has 1 saturated carbocycles. The van der Waals surface area contributed by atoms with Crippen molar-refractivity contribution in [1.82, 2.24) is 4.90 Å². The number of carbonyl (C=O) groups excluding carboxylic acids is 4. The molecule has 0 spiro atoms. The Kier molecular flexibility index (Phi) is 9.49. The van der Waals surface area contributed by atoms with Gasteiger partial charge in [-0.15, -0.1) is 11.3 Å². The predicted octanol–water partition coefficient (Wildman–Crippen LogP) is 5.79. The van der Waals surface area contributed by atoms with Crippen LogP contribution in [0.2, 0.25) is 0 Å². The number of thiophene rings is 1. The van der Waals surface area contributed by atoms with Crippen LogP contribution >= 0.6 is 11.3 Å². The maximum absolute atomic E-state index is 13.2. The molecular weight excluding hydrogens is 516 g/mol. The first-order valence-corrected chi connectivity index (χ1v) is 13.9. The lowest BCUT2D eigenvalue weighted by molar-refractivity contribution is -0.119. The number of ether oxygens (including phenoxy) is 2. The lowest BCUT2D eigenvalue weighted by Gasteiger charge is -2.31. The molecule has 2 amide bonds. The number of anilines is 1. The summed E-state index contributed by atoms with van der Waals surface area (Å²) in [7, 11) is 1.76.